The Kier molecular flexibility index (Phi) is 7.00. The number of hydrogen-bond donors (Lipinski definition) is 2. The summed E-state index contributed by atoms with van der Waals surface area (Å²) in [7, 11) is 0. The Bertz CT molecular complexity index is 915. The van der Waals surface area contributed by atoms with Crippen molar-refractivity contribution in [2.24, 2.45) is 4.99 Å². The molecule has 2 aromatic heterocycles. The summed E-state index contributed by atoms with van der Waals surface area (Å²) < 4.78 is 5.33. The van der Waals surface area contributed by atoms with Crippen molar-refractivity contribution in [2.45, 2.75) is 33.7 Å². The van der Waals surface area contributed by atoms with Crippen molar-refractivity contribution in [1.82, 2.24) is 25.8 Å². The number of aryl methyl sites for hydroxylation is 2. The smallest absolute Gasteiger partial charge is 0.228 e. The number of benzene rings is 1. The van der Waals surface area contributed by atoms with Crippen LogP contribution in [0.25, 0.3) is 11.4 Å². The number of halogens is 1. The van der Waals surface area contributed by atoms with Crippen molar-refractivity contribution in [1.29, 1.82) is 0 Å². The van der Waals surface area contributed by atoms with Gasteiger partial charge in [0.2, 0.25) is 11.7 Å². The van der Waals surface area contributed by atoms with Crippen LogP contribution in [0.15, 0.2) is 33.8 Å². The Labute approximate surface area is 173 Å². The van der Waals surface area contributed by atoms with Crippen LogP contribution in [0.2, 0.25) is 5.02 Å². The average Bonchev–Trinajstić information content (AvgIpc) is 3.27. The Balaban J connectivity index is 1.54. The molecule has 0 atom stereocenters. The van der Waals surface area contributed by atoms with Crippen LogP contribution >= 0.6 is 22.9 Å². The summed E-state index contributed by atoms with van der Waals surface area (Å²) in [4.78, 5) is 14.8. The number of rotatable bonds is 7. The zero-order valence-electron chi connectivity index (χ0n) is 16.1. The molecule has 2 heterocycles. The zero-order chi connectivity index (χ0) is 19.9. The molecule has 148 valence electrons. The number of nitrogens with one attached hydrogen (secondary N) is 2. The van der Waals surface area contributed by atoms with Crippen molar-refractivity contribution in [3.8, 4) is 11.4 Å². The fourth-order valence-electron chi connectivity index (χ4n) is 2.46. The lowest BCUT2D eigenvalue weighted by Gasteiger charge is -2.09. The molecule has 3 aromatic rings. The third-order valence-electron chi connectivity index (χ3n) is 3.99. The number of aliphatic imine (C=N–C) groups is 1. The van der Waals surface area contributed by atoms with Gasteiger partial charge in [-0.25, -0.2) is 9.98 Å². The van der Waals surface area contributed by atoms with Crippen LogP contribution in [0.5, 0.6) is 0 Å². The Morgan fingerprint density at radius 2 is 1.96 bits per heavy atom. The van der Waals surface area contributed by atoms with Crippen LogP contribution in [0.3, 0.4) is 0 Å². The molecule has 0 aliphatic rings. The van der Waals surface area contributed by atoms with Crippen molar-refractivity contribution < 1.29 is 4.52 Å². The summed E-state index contributed by atoms with van der Waals surface area (Å²) in [6.45, 7) is 8.09. The SMILES string of the molecule is CCNC(=NCc1nc(C)c(C)s1)NCCc1nc(-c2ccc(Cl)cc2)no1. The first-order chi connectivity index (χ1) is 13.5. The Hall–Kier alpha value is -2.45. The minimum atomic E-state index is 0.552. The maximum atomic E-state index is 5.91. The summed E-state index contributed by atoms with van der Waals surface area (Å²) in [6.07, 6.45) is 0.598. The molecule has 0 bridgehead atoms. The highest BCUT2D eigenvalue weighted by atomic mass is 35.5. The third-order valence-corrected chi connectivity index (χ3v) is 5.30. The fourth-order valence-corrected chi connectivity index (χ4v) is 3.44. The molecule has 3 rings (SSSR count). The molecular weight excluding hydrogens is 396 g/mol. The second kappa shape index (κ2) is 9.66. The van der Waals surface area contributed by atoms with Gasteiger partial charge in [0.25, 0.3) is 0 Å². The Morgan fingerprint density at radius 3 is 2.64 bits per heavy atom. The number of thiazole rings is 1. The lowest BCUT2D eigenvalue weighted by molar-refractivity contribution is 0.378. The van der Waals surface area contributed by atoms with Gasteiger partial charge < -0.3 is 15.2 Å². The summed E-state index contributed by atoms with van der Waals surface area (Å²) in [6, 6.07) is 7.35. The Morgan fingerprint density at radius 1 is 1.18 bits per heavy atom. The van der Waals surface area contributed by atoms with Gasteiger partial charge in [0.05, 0.1) is 12.2 Å². The molecule has 0 saturated heterocycles. The summed E-state index contributed by atoms with van der Waals surface area (Å²) in [5.74, 6) is 1.87. The average molecular weight is 419 g/mol. The van der Waals surface area contributed by atoms with E-state index in [4.69, 9.17) is 16.1 Å². The van der Waals surface area contributed by atoms with E-state index in [2.05, 4.69) is 37.7 Å². The third kappa shape index (κ3) is 5.53. The van der Waals surface area contributed by atoms with Crippen LogP contribution < -0.4 is 10.6 Å². The van der Waals surface area contributed by atoms with Gasteiger partial charge >= 0.3 is 0 Å². The van der Waals surface area contributed by atoms with Crippen molar-refractivity contribution in [3.05, 3.63) is 50.8 Å². The van der Waals surface area contributed by atoms with Gasteiger partial charge in [-0.3, -0.25) is 0 Å². The minimum absolute atomic E-state index is 0.552. The topological polar surface area (TPSA) is 88.2 Å². The van der Waals surface area contributed by atoms with Crippen LogP contribution in [-0.2, 0) is 13.0 Å². The van der Waals surface area contributed by atoms with E-state index in [1.165, 1.54) is 4.88 Å². The molecular formula is C19H23ClN6OS. The lowest BCUT2D eigenvalue weighted by Crippen LogP contribution is -2.38. The van der Waals surface area contributed by atoms with Crippen molar-refractivity contribution in [3.63, 3.8) is 0 Å². The molecule has 28 heavy (non-hydrogen) atoms. The van der Waals surface area contributed by atoms with Crippen molar-refractivity contribution in [2.75, 3.05) is 13.1 Å². The maximum Gasteiger partial charge on any atom is 0.228 e. The molecule has 0 unspecified atom stereocenters. The molecule has 0 spiro atoms. The highest BCUT2D eigenvalue weighted by molar-refractivity contribution is 7.11. The summed E-state index contributed by atoms with van der Waals surface area (Å²) in [5.41, 5.74) is 1.94. The first-order valence-electron chi connectivity index (χ1n) is 9.08. The van der Waals surface area contributed by atoms with Gasteiger partial charge in [0.1, 0.15) is 5.01 Å². The normalized spacial score (nSPS) is 11.6. The van der Waals surface area contributed by atoms with E-state index in [1.54, 1.807) is 23.5 Å². The van der Waals surface area contributed by atoms with E-state index < -0.39 is 0 Å². The van der Waals surface area contributed by atoms with Gasteiger partial charge in [0.15, 0.2) is 5.96 Å². The van der Waals surface area contributed by atoms with Crippen LogP contribution in [0, 0.1) is 13.8 Å². The van der Waals surface area contributed by atoms with Gasteiger partial charge in [-0.2, -0.15) is 4.98 Å². The molecule has 7 nitrogen and oxygen atoms in total. The fraction of sp³-hybridized carbons (Fsp3) is 0.368. The second-order valence-corrected chi connectivity index (χ2v) is 7.86. The van der Waals surface area contributed by atoms with E-state index in [1.807, 2.05) is 26.0 Å². The van der Waals surface area contributed by atoms with Gasteiger partial charge in [0, 0.05) is 35.0 Å². The predicted molar refractivity (Wildman–Crippen MR) is 113 cm³/mol. The molecule has 0 amide bonds. The predicted octanol–water partition coefficient (Wildman–Crippen LogP) is 3.76. The highest BCUT2D eigenvalue weighted by Crippen LogP contribution is 2.19. The van der Waals surface area contributed by atoms with Crippen molar-refractivity contribution >= 4 is 28.9 Å². The standard InChI is InChI=1S/C19H23ClN6OS/c1-4-21-19(23-11-17-24-12(2)13(3)28-17)22-10-9-16-25-18(26-27-16)14-5-7-15(20)8-6-14/h5-8H,4,9-11H2,1-3H3,(H2,21,22,23). The van der Waals surface area contributed by atoms with Crippen LogP contribution in [-0.4, -0.2) is 34.2 Å². The first kappa shape index (κ1) is 20.3. The van der Waals surface area contributed by atoms with Crippen LogP contribution in [0.1, 0.15) is 28.4 Å². The van der Waals surface area contributed by atoms with Gasteiger partial charge in [-0.15, -0.1) is 11.3 Å². The quantitative estimate of drug-likeness (QED) is 0.448. The van der Waals surface area contributed by atoms with E-state index in [-0.39, 0.29) is 0 Å². The highest BCUT2D eigenvalue weighted by Gasteiger charge is 2.09. The molecule has 0 aliphatic carbocycles. The van der Waals surface area contributed by atoms with E-state index >= 15 is 0 Å². The zero-order valence-corrected chi connectivity index (χ0v) is 17.7. The molecule has 0 radical (unpaired) electrons. The number of nitrogens with zero attached hydrogens (tertiary/aromatic N) is 4. The summed E-state index contributed by atoms with van der Waals surface area (Å²) >= 11 is 7.59. The molecule has 1 aromatic carbocycles. The van der Waals surface area contributed by atoms with Crippen LogP contribution in [0.4, 0.5) is 0 Å². The van der Waals surface area contributed by atoms with E-state index in [9.17, 15) is 0 Å². The molecule has 0 aliphatic heterocycles. The summed E-state index contributed by atoms with van der Waals surface area (Å²) in [5, 5.41) is 12.2. The molecule has 2 N–H and O–H groups in total. The monoisotopic (exact) mass is 418 g/mol. The van der Waals surface area contributed by atoms with Gasteiger partial charge in [-0.05, 0) is 45.0 Å². The molecule has 0 saturated carbocycles. The number of aromatic nitrogens is 3. The molecule has 9 heteroatoms. The second-order valence-electron chi connectivity index (χ2n) is 6.14. The largest absolute Gasteiger partial charge is 0.357 e. The first-order valence-corrected chi connectivity index (χ1v) is 10.3. The number of guanidine groups is 1. The minimum Gasteiger partial charge on any atom is -0.357 e. The van der Waals surface area contributed by atoms with E-state index in [0.29, 0.717) is 36.2 Å². The number of hydrogen-bond acceptors (Lipinski definition) is 6. The maximum absolute atomic E-state index is 5.91. The van der Waals surface area contributed by atoms with Gasteiger partial charge in [-0.1, -0.05) is 16.8 Å². The van der Waals surface area contributed by atoms with E-state index in [0.717, 1.165) is 28.8 Å². The molecule has 0 fully saturated rings. The lowest BCUT2D eigenvalue weighted by atomic mass is 10.2.